The van der Waals surface area contributed by atoms with E-state index < -0.39 is 0 Å². The fourth-order valence-corrected chi connectivity index (χ4v) is 3.98. The van der Waals surface area contributed by atoms with Gasteiger partial charge in [-0.05, 0) is 66.2 Å². The molecule has 32 heavy (non-hydrogen) atoms. The number of benzene rings is 3. The molecule has 160 valence electrons. The van der Waals surface area contributed by atoms with E-state index in [4.69, 9.17) is 4.74 Å². The number of rotatable bonds is 6. The van der Waals surface area contributed by atoms with Crippen LogP contribution in [-0.4, -0.2) is 18.9 Å². The molecule has 0 aliphatic carbocycles. The quantitative estimate of drug-likeness (QED) is 0.378. The summed E-state index contributed by atoms with van der Waals surface area (Å²) in [5, 5.41) is 5.64. The predicted molar refractivity (Wildman–Crippen MR) is 125 cm³/mol. The minimum atomic E-state index is -0.302. The van der Waals surface area contributed by atoms with Gasteiger partial charge in [-0.25, -0.2) is 4.39 Å². The van der Waals surface area contributed by atoms with E-state index in [-0.39, 0.29) is 17.6 Å². The topological polar surface area (TPSA) is 67.4 Å². The van der Waals surface area contributed by atoms with Gasteiger partial charge in [-0.3, -0.25) is 9.59 Å². The van der Waals surface area contributed by atoms with Gasteiger partial charge in [-0.2, -0.15) is 0 Å². The van der Waals surface area contributed by atoms with Crippen molar-refractivity contribution in [2.75, 3.05) is 17.7 Å². The van der Waals surface area contributed by atoms with Crippen LogP contribution in [0.15, 0.2) is 84.9 Å². The molecule has 0 aliphatic heterocycles. The molecule has 0 unspecified atom stereocenters. The van der Waals surface area contributed by atoms with Crippen molar-refractivity contribution in [3.8, 4) is 16.2 Å². The zero-order chi connectivity index (χ0) is 22.5. The Morgan fingerprint density at radius 3 is 2.25 bits per heavy atom. The molecule has 0 radical (unpaired) electrons. The number of carbonyl (C=O) groups excluding carboxylic acids is 2. The number of anilines is 2. The molecule has 1 heterocycles. The minimum absolute atomic E-state index is 0.255. The lowest BCUT2D eigenvalue weighted by Crippen LogP contribution is -2.13. The molecule has 0 aliphatic rings. The van der Waals surface area contributed by atoms with Gasteiger partial charge in [0, 0.05) is 16.1 Å². The van der Waals surface area contributed by atoms with Crippen molar-refractivity contribution >= 4 is 34.5 Å². The summed E-state index contributed by atoms with van der Waals surface area (Å²) >= 11 is 1.32. The summed E-state index contributed by atoms with van der Waals surface area (Å²) in [4.78, 5) is 26.5. The van der Waals surface area contributed by atoms with Crippen molar-refractivity contribution in [3.05, 3.63) is 101 Å². The van der Waals surface area contributed by atoms with Gasteiger partial charge in [-0.1, -0.05) is 24.3 Å². The normalized spacial score (nSPS) is 10.4. The molecular formula is C25H19FN2O3S. The third-order valence-electron chi connectivity index (χ3n) is 4.72. The van der Waals surface area contributed by atoms with E-state index in [1.54, 1.807) is 61.7 Å². The van der Waals surface area contributed by atoms with Gasteiger partial charge in [0.2, 0.25) is 0 Å². The number of hydrogen-bond donors (Lipinski definition) is 2. The van der Waals surface area contributed by atoms with Gasteiger partial charge < -0.3 is 15.4 Å². The highest BCUT2D eigenvalue weighted by atomic mass is 32.1. The van der Waals surface area contributed by atoms with Crippen LogP contribution < -0.4 is 15.4 Å². The maximum absolute atomic E-state index is 13.1. The van der Waals surface area contributed by atoms with Gasteiger partial charge in [-0.15, -0.1) is 11.3 Å². The third-order valence-corrected chi connectivity index (χ3v) is 5.85. The molecule has 0 fully saturated rings. The number of nitrogens with one attached hydrogen (secondary N) is 2. The smallest absolute Gasteiger partial charge is 0.265 e. The van der Waals surface area contributed by atoms with Crippen LogP contribution in [0, 0.1) is 5.82 Å². The Labute approximate surface area is 188 Å². The van der Waals surface area contributed by atoms with Gasteiger partial charge in [0.25, 0.3) is 11.8 Å². The Balaban J connectivity index is 1.41. The molecule has 5 nitrogen and oxygen atoms in total. The first-order chi connectivity index (χ1) is 15.5. The standard InChI is InChI=1S/C25H19FN2O3S/c1-31-21-5-3-2-4-20(21)28-24(29)17-8-12-19(13-9-17)27-25(30)23-15-14-22(32-23)16-6-10-18(26)11-7-16/h2-15H,1H3,(H,27,30)(H,28,29). The Kier molecular flexibility index (Phi) is 6.28. The summed E-state index contributed by atoms with van der Waals surface area (Å²) in [5.74, 6) is -0.270. The van der Waals surface area contributed by atoms with Crippen LogP contribution in [0.3, 0.4) is 0 Å². The van der Waals surface area contributed by atoms with E-state index in [1.807, 2.05) is 18.2 Å². The van der Waals surface area contributed by atoms with Crippen molar-refractivity contribution in [2.24, 2.45) is 0 Å². The summed E-state index contributed by atoms with van der Waals surface area (Å²) in [5.41, 5.74) is 2.44. The third kappa shape index (κ3) is 4.84. The second-order valence-electron chi connectivity index (χ2n) is 6.86. The Hall–Kier alpha value is -3.97. The van der Waals surface area contributed by atoms with E-state index in [0.717, 1.165) is 10.4 Å². The fraction of sp³-hybridized carbons (Fsp3) is 0.0400. The SMILES string of the molecule is COc1ccccc1NC(=O)c1ccc(NC(=O)c2ccc(-c3ccc(F)cc3)s2)cc1. The molecule has 0 spiro atoms. The van der Waals surface area contributed by atoms with Crippen LogP contribution in [0.25, 0.3) is 10.4 Å². The molecule has 0 bridgehead atoms. The number of ether oxygens (including phenoxy) is 1. The van der Waals surface area contributed by atoms with Crippen LogP contribution in [-0.2, 0) is 0 Å². The molecule has 0 saturated heterocycles. The van der Waals surface area contributed by atoms with E-state index in [9.17, 15) is 14.0 Å². The van der Waals surface area contributed by atoms with Crippen LogP contribution in [0.5, 0.6) is 5.75 Å². The molecule has 1 aromatic heterocycles. The van der Waals surface area contributed by atoms with E-state index in [2.05, 4.69) is 10.6 Å². The second kappa shape index (κ2) is 9.45. The highest BCUT2D eigenvalue weighted by Gasteiger charge is 2.13. The monoisotopic (exact) mass is 446 g/mol. The zero-order valence-corrected chi connectivity index (χ0v) is 17.9. The van der Waals surface area contributed by atoms with E-state index in [0.29, 0.717) is 27.6 Å². The zero-order valence-electron chi connectivity index (χ0n) is 17.1. The van der Waals surface area contributed by atoms with Crippen molar-refractivity contribution in [3.63, 3.8) is 0 Å². The van der Waals surface area contributed by atoms with Gasteiger partial charge in [0.15, 0.2) is 0 Å². The Morgan fingerprint density at radius 1 is 0.812 bits per heavy atom. The highest BCUT2D eigenvalue weighted by molar-refractivity contribution is 7.17. The van der Waals surface area contributed by atoms with Crippen LogP contribution in [0.4, 0.5) is 15.8 Å². The molecule has 0 atom stereocenters. The van der Waals surface area contributed by atoms with Crippen LogP contribution in [0.2, 0.25) is 0 Å². The molecular weight excluding hydrogens is 427 g/mol. The number of thiophene rings is 1. The lowest BCUT2D eigenvalue weighted by molar-refractivity contribution is 0.102. The van der Waals surface area contributed by atoms with E-state index in [1.165, 1.54) is 23.5 Å². The van der Waals surface area contributed by atoms with Gasteiger partial charge >= 0.3 is 0 Å². The van der Waals surface area contributed by atoms with Crippen LogP contribution in [0.1, 0.15) is 20.0 Å². The average Bonchev–Trinajstić information content (AvgIpc) is 3.31. The molecule has 4 aromatic rings. The largest absolute Gasteiger partial charge is 0.495 e. The van der Waals surface area contributed by atoms with Crippen LogP contribution >= 0.6 is 11.3 Å². The van der Waals surface area contributed by atoms with E-state index >= 15 is 0 Å². The molecule has 7 heteroatoms. The Bertz CT molecular complexity index is 1250. The molecule has 0 saturated carbocycles. The van der Waals surface area contributed by atoms with Crippen molar-refractivity contribution in [1.29, 1.82) is 0 Å². The lowest BCUT2D eigenvalue weighted by atomic mass is 10.2. The van der Waals surface area contributed by atoms with Crippen molar-refractivity contribution < 1.29 is 18.7 Å². The predicted octanol–water partition coefficient (Wildman–Crippen LogP) is 6.07. The number of para-hydroxylation sites is 2. The fourth-order valence-electron chi connectivity index (χ4n) is 3.07. The number of carbonyl (C=O) groups is 2. The minimum Gasteiger partial charge on any atom is -0.495 e. The maximum Gasteiger partial charge on any atom is 0.265 e. The summed E-state index contributed by atoms with van der Waals surface area (Å²) < 4.78 is 18.4. The first-order valence-corrected chi connectivity index (χ1v) is 10.6. The van der Waals surface area contributed by atoms with Crippen molar-refractivity contribution in [1.82, 2.24) is 0 Å². The summed E-state index contributed by atoms with van der Waals surface area (Å²) in [6, 6.07) is 23.5. The molecule has 3 aromatic carbocycles. The number of halogens is 1. The number of methoxy groups -OCH3 is 1. The summed E-state index contributed by atoms with van der Waals surface area (Å²) in [6.45, 7) is 0. The average molecular weight is 447 g/mol. The first kappa shape index (κ1) is 21.3. The van der Waals surface area contributed by atoms with Crippen molar-refractivity contribution in [2.45, 2.75) is 0 Å². The summed E-state index contributed by atoms with van der Waals surface area (Å²) in [6.07, 6.45) is 0. The first-order valence-electron chi connectivity index (χ1n) is 9.75. The van der Waals surface area contributed by atoms with Gasteiger partial charge in [0.1, 0.15) is 11.6 Å². The number of hydrogen-bond acceptors (Lipinski definition) is 4. The second-order valence-corrected chi connectivity index (χ2v) is 7.94. The highest BCUT2D eigenvalue weighted by Crippen LogP contribution is 2.29. The Morgan fingerprint density at radius 2 is 1.53 bits per heavy atom. The lowest BCUT2D eigenvalue weighted by Gasteiger charge is -2.10. The number of amides is 2. The molecule has 2 amide bonds. The summed E-state index contributed by atoms with van der Waals surface area (Å²) in [7, 11) is 1.54. The molecule has 2 N–H and O–H groups in total. The molecule has 4 rings (SSSR count). The maximum atomic E-state index is 13.1. The van der Waals surface area contributed by atoms with Gasteiger partial charge in [0.05, 0.1) is 17.7 Å².